The zero-order valence-corrected chi connectivity index (χ0v) is 17.4. The molecule has 0 fully saturated rings. The number of nitrogens with one attached hydrogen (secondary N) is 2. The lowest BCUT2D eigenvalue weighted by atomic mass is 10.0. The van der Waals surface area contributed by atoms with Crippen LogP contribution in [0.1, 0.15) is 30.0 Å². The number of hydrogen-bond donors (Lipinski definition) is 3. The van der Waals surface area contributed by atoms with Crippen LogP contribution in [-0.4, -0.2) is 39.6 Å². The van der Waals surface area contributed by atoms with Gasteiger partial charge >= 0.3 is 5.97 Å². The molecule has 3 N–H and O–H groups in total. The van der Waals surface area contributed by atoms with Gasteiger partial charge in [-0.2, -0.15) is 5.26 Å². The lowest BCUT2D eigenvalue weighted by Gasteiger charge is -2.21. The fourth-order valence-corrected chi connectivity index (χ4v) is 2.99. The number of allylic oxidation sites excluding steroid dienone is 1. The summed E-state index contributed by atoms with van der Waals surface area (Å²) < 4.78 is 19.0. The second-order valence-electron chi connectivity index (χ2n) is 7.32. The van der Waals surface area contributed by atoms with E-state index in [1.54, 1.807) is 38.1 Å². The zero-order chi connectivity index (χ0) is 23.3. The van der Waals surface area contributed by atoms with Crippen molar-refractivity contribution in [2.24, 2.45) is 5.92 Å². The van der Waals surface area contributed by atoms with E-state index in [2.05, 4.69) is 15.3 Å². The number of esters is 1. The molecule has 1 heterocycles. The molecule has 32 heavy (non-hydrogen) atoms. The number of amides is 1. The number of aromatic nitrogens is 2. The average molecular weight is 436 g/mol. The van der Waals surface area contributed by atoms with Crippen LogP contribution in [0.5, 0.6) is 0 Å². The number of carbonyl (C=O) groups excluding carboxylic acids is 2. The molecule has 1 amide bonds. The summed E-state index contributed by atoms with van der Waals surface area (Å²) in [7, 11) is 0. The van der Waals surface area contributed by atoms with Crippen LogP contribution in [0.2, 0.25) is 0 Å². The van der Waals surface area contributed by atoms with Gasteiger partial charge < -0.3 is 20.1 Å². The maximum Gasteiger partial charge on any atom is 0.329 e. The van der Waals surface area contributed by atoms with Gasteiger partial charge in [0, 0.05) is 0 Å². The molecule has 0 unspecified atom stereocenters. The minimum Gasteiger partial charge on any atom is -0.507 e. The third kappa shape index (κ3) is 4.92. The van der Waals surface area contributed by atoms with Crippen LogP contribution < -0.4 is 5.32 Å². The molecule has 0 saturated carbocycles. The van der Waals surface area contributed by atoms with E-state index in [9.17, 15) is 24.3 Å². The molecule has 3 rings (SSSR count). The van der Waals surface area contributed by atoms with Crippen molar-refractivity contribution in [2.45, 2.75) is 19.9 Å². The molecular weight excluding hydrogens is 415 g/mol. The van der Waals surface area contributed by atoms with Gasteiger partial charge in [-0.15, -0.1) is 0 Å². The van der Waals surface area contributed by atoms with Crippen molar-refractivity contribution in [3.05, 3.63) is 71.5 Å². The van der Waals surface area contributed by atoms with Gasteiger partial charge in [0.25, 0.3) is 5.91 Å². The molecule has 3 aromatic rings. The Morgan fingerprint density at radius 2 is 1.91 bits per heavy atom. The smallest absolute Gasteiger partial charge is 0.329 e. The molecule has 1 aromatic heterocycles. The van der Waals surface area contributed by atoms with Gasteiger partial charge in [-0.25, -0.2) is 14.2 Å². The highest BCUT2D eigenvalue weighted by atomic mass is 19.1. The van der Waals surface area contributed by atoms with Crippen molar-refractivity contribution < 1.29 is 23.8 Å². The number of hydrogen-bond acceptors (Lipinski definition) is 6. The van der Waals surface area contributed by atoms with Crippen molar-refractivity contribution in [3.63, 3.8) is 0 Å². The Morgan fingerprint density at radius 3 is 2.56 bits per heavy atom. The molecule has 0 saturated heterocycles. The molecule has 164 valence electrons. The van der Waals surface area contributed by atoms with Crippen LogP contribution in [0.4, 0.5) is 4.39 Å². The van der Waals surface area contributed by atoms with Gasteiger partial charge in [0.1, 0.15) is 30.1 Å². The van der Waals surface area contributed by atoms with Gasteiger partial charge in [0.15, 0.2) is 11.6 Å². The number of para-hydroxylation sites is 2. The summed E-state index contributed by atoms with van der Waals surface area (Å²) >= 11 is 0. The summed E-state index contributed by atoms with van der Waals surface area (Å²) in [6.07, 6.45) is 0. The Kier molecular flexibility index (Phi) is 6.85. The molecule has 0 aliphatic rings. The average Bonchev–Trinajstić information content (AvgIpc) is 3.20. The molecule has 0 aliphatic heterocycles. The second-order valence-corrected chi connectivity index (χ2v) is 7.32. The first-order chi connectivity index (χ1) is 15.3. The van der Waals surface area contributed by atoms with E-state index in [0.29, 0.717) is 11.0 Å². The third-order valence-electron chi connectivity index (χ3n) is 4.70. The van der Waals surface area contributed by atoms with Crippen LogP contribution in [0.15, 0.2) is 54.3 Å². The fourth-order valence-electron chi connectivity index (χ4n) is 2.99. The highest BCUT2D eigenvalue weighted by Crippen LogP contribution is 2.19. The summed E-state index contributed by atoms with van der Waals surface area (Å²) in [5.74, 6) is -3.06. The maximum absolute atomic E-state index is 13.9. The summed E-state index contributed by atoms with van der Waals surface area (Å²) in [6, 6.07) is 13.2. The Labute approximate surface area is 183 Å². The highest BCUT2D eigenvalue weighted by molar-refractivity contribution is 5.97. The second kappa shape index (κ2) is 9.75. The minimum atomic E-state index is -1.09. The quantitative estimate of drug-likeness (QED) is 0.295. The predicted octanol–water partition coefficient (Wildman–Crippen LogP) is 3.49. The van der Waals surface area contributed by atoms with E-state index < -0.39 is 36.1 Å². The van der Waals surface area contributed by atoms with Crippen LogP contribution in [0.25, 0.3) is 16.6 Å². The number of halogens is 1. The van der Waals surface area contributed by atoms with E-state index >= 15 is 0 Å². The zero-order valence-electron chi connectivity index (χ0n) is 17.4. The number of fused-ring (bicyclic) bond motifs is 1. The molecule has 9 heteroatoms. The number of benzene rings is 2. The summed E-state index contributed by atoms with van der Waals surface area (Å²) in [5, 5.41) is 22.2. The summed E-state index contributed by atoms with van der Waals surface area (Å²) in [4.78, 5) is 32.1. The number of H-pyrrole nitrogens is 1. The van der Waals surface area contributed by atoms with E-state index in [1.165, 1.54) is 18.2 Å². The lowest BCUT2D eigenvalue weighted by molar-refractivity contribution is -0.146. The number of nitriles is 1. The number of ether oxygens (including phenoxy) is 1. The lowest BCUT2D eigenvalue weighted by Crippen LogP contribution is -2.45. The van der Waals surface area contributed by atoms with Crippen molar-refractivity contribution in [1.29, 1.82) is 5.26 Å². The standard InChI is InChI=1S/C23H21FN4O4/c1-13(2)20(28-22(30)14-7-3-4-8-16(14)24)23(31)32-12-19(29)15(11-25)21-26-17-9-5-6-10-18(17)27-21/h3-10,13,20,29H,12H2,1-2H3,(H,26,27)(H,28,30)/b19-15-/t20-/m0/s1. The van der Waals surface area contributed by atoms with Crippen LogP contribution in [0, 0.1) is 23.1 Å². The van der Waals surface area contributed by atoms with E-state index in [4.69, 9.17) is 4.74 Å². The molecule has 2 aromatic carbocycles. The first-order valence-electron chi connectivity index (χ1n) is 9.81. The highest BCUT2D eigenvalue weighted by Gasteiger charge is 2.27. The minimum absolute atomic E-state index is 0.135. The maximum atomic E-state index is 13.9. The number of imidazole rings is 1. The van der Waals surface area contributed by atoms with Gasteiger partial charge in [0.2, 0.25) is 0 Å². The fraction of sp³-hybridized carbons (Fsp3) is 0.217. The third-order valence-corrected chi connectivity index (χ3v) is 4.70. The number of rotatable bonds is 7. The Morgan fingerprint density at radius 1 is 1.22 bits per heavy atom. The predicted molar refractivity (Wildman–Crippen MR) is 115 cm³/mol. The number of aromatic amines is 1. The first-order valence-corrected chi connectivity index (χ1v) is 9.81. The van der Waals surface area contributed by atoms with Crippen LogP contribution in [0.3, 0.4) is 0 Å². The topological polar surface area (TPSA) is 128 Å². The molecule has 0 radical (unpaired) electrons. The number of carbonyl (C=O) groups is 2. The number of nitrogens with zero attached hydrogens (tertiary/aromatic N) is 2. The van der Waals surface area contributed by atoms with Crippen LogP contribution >= 0.6 is 0 Å². The van der Waals surface area contributed by atoms with Crippen molar-refractivity contribution in [2.75, 3.05) is 6.61 Å². The summed E-state index contributed by atoms with van der Waals surface area (Å²) in [5.41, 5.74) is 0.905. The molecule has 0 aliphatic carbocycles. The normalized spacial score (nSPS) is 12.7. The Hall–Kier alpha value is -4.19. The Balaban J connectivity index is 1.73. The van der Waals surface area contributed by atoms with Crippen molar-refractivity contribution in [3.8, 4) is 6.07 Å². The molecule has 0 spiro atoms. The van der Waals surface area contributed by atoms with E-state index in [0.717, 1.165) is 6.07 Å². The van der Waals surface area contributed by atoms with Gasteiger partial charge in [-0.05, 0) is 30.2 Å². The van der Waals surface area contributed by atoms with E-state index in [-0.39, 0.29) is 22.9 Å². The van der Waals surface area contributed by atoms with Gasteiger partial charge in [-0.3, -0.25) is 4.79 Å². The Bertz CT molecular complexity index is 1190. The summed E-state index contributed by atoms with van der Waals surface area (Å²) in [6.45, 7) is 2.76. The van der Waals surface area contributed by atoms with Crippen molar-refractivity contribution in [1.82, 2.24) is 15.3 Å². The molecule has 1 atom stereocenters. The molecule has 0 bridgehead atoms. The SMILES string of the molecule is CC(C)[C@H](NC(=O)c1ccccc1F)C(=O)OC/C(O)=C(\C#N)c1nc2ccccc2[nH]1. The number of aliphatic hydroxyl groups excluding tert-OH is 1. The van der Waals surface area contributed by atoms with Crippen LogP contribution in [-0.2, 0) is 9.53 Å². The largest absolute Gasteiger partial charge is 0.507 e. The molecule has 8 nitrogen and oxygen atoms in total. The monoisotopic (exact) mass is 436 g/mol. The van der Waals surface area contributed by atoms with Gasteiger partial charge in [0.05, 0.1) is 16.6 Å². The van der Waals surface area contributed by atoms with Crippen molar-refractivity contribution >= 4 is 28.5 Å². The number of aliphatic hydroxyl groups is 1. The van der Waals surface area contributed by atoms with E-state index in [1.807, 2.05) is 6.07 Å². The van der Waals surface area contributed by atoms with Gasteiger partial charge in [-0.1, -0.05) is 38.1 Å². The first kappa shape index (κ1) is 22.5. The molecular formula is C23H21FN4O4.